The van der Waals surface area contributed by atoms with Crippen molar-refractivity contribution in [2.45, 2.75) is 39.2 Å². The molecule has 1 amide bonds. The molecule has 1 aliphatic rings. The van der Waals surface area contributed by atoms with Gasteiger partial charge in [-0.15, -0.1) is 5.10 Å². The van der Waals surface area contributed by atoms with Gasteiger partial charge in [-0.3, -0.25) is 4.79 Å². The number of carbonyl (C=O) groups excluding carboxylic acids is 1. The van der Waals surface area contributed by atoms with Crippen molar-refractivity contribution >= 4 is 17.5 Å². The number of amides is 1. The molecule has 1 atom stereocenters. The number of aromatic nitrogens is 3. The van der Waals surface area contributed by atoms with Crippen LogP contribution in [0.3, 0.4) is 0 Å². The zero-order chi connectivity index (χ0) is 16.6. The molecule has 1 aromatic carbocycles. The number of halogens is 1. The molecule has 0 saturated heterocycles. The van der Waals surface area contributed by atoms with E-state index in [0.29, 0.717) is 17.4 Å². The van der Waals surface area contributed by atoms with Gasteiger partial charge in [-0.1, -0.05) is 30.7 Å². The summed E-state index contributed by atoms with van der Waals surface area (Å²) < 4.78 is 1.67. The molecule has 0 spiro atoms. The van der Waals surface area contributed by atoms with Crippen LogP contribution in [0.2, 0.25) is 5.02 Å². The average molecular weight is 333 g/mol. The van der Waals surface area contributed by atoms with E-state index in [4.69, 9.17) is 11.6 Å². The standard InChI is InChI=1S/C17H21ClN4O/c1-4-15-19-16(17(23)21(3)11(2)12-9-10-12)20-22(15)14-8-6-5-7-13(14)18/h5-8,11-12H,4,9-10H2,1-3H3. The van der Waals surface area contributed by atoms with Gasteiger partial charge in [0.1, 0.15) is 5.82 Å². The van der Waals surface area contributed by atoms with Crippen molar-refractivity contribution in [2.75, 3.05) is 7.05 Å². The molecule has 0 bridgehead atoms. The molecule has 1 fully saturated rings. The van der Waals surface area contributed by atoms with E-state index in [1.165, 1.54) is 12.8 Å². The van der Waals surface area contributed by atoms with Gasteiger partial charge in [0.2, 0.25) is 5.82 Å². The molecule has 6 heteroatoms. The number of hydrogen-bond donors (Lipinski definition) is 0. The number of carbonyl (C=O) groups is 1. The van der Waals surface area contributed by atoms with Crippen LogP contribution in [0.5, 0.6) is 0 Å². The molecule has 3 rings (SSSR count). The van der Waals surface area contributed by atoms with E-state index >= 15 is 0 Å². The fraction of sp³-hybridized carbons (Fsp3) is 0.471. The van der Waals surface area contributed by atoms with Gasteiger partial charge < -0.3 is 4.90 Å². The summed E-state index contributed by atoms with van der Waals surface area (Å²) in [6, 6.07) is 7.66. The number of aryl methyl sites for hydroxylation is 1. The van der Waals surface area contributed by atoms with Crippen molar-refractivity contribution in [3.8, 4) is 5.69 Å². The maximum Gasteiger partial charge on any atom is 0.293 e. The lowest BCUT2D eigenvalue weighted by Gasteiger charge is -2.23. The lowest BCUT2D eigenvalue weighted by atomic mass is 10.2. The predicted molar refractivity (Wildman–Crippen MR) is 90.0 cm³/mol. The van der Waals surface area contributed by atoms with Gasteiger partial charge in [0.05, 0.1) is 10.7 Å². The first kappa shape index (κ1) is 16.0. The van der Waals surface area contributed by atoms with E-state index in [0.717, 1.165) is 11.5 Å². The van der Waals surface area contributed by atoms with Gasteiger partial charge in [0, 0.05) is 19.5 Å². The smallest absolute Gasteiger partial charge is 0.293 e. The average Bonchev–Trinajstić information content (AvgIpc) is 3.32. The summed E-state index contributed by atoms with van der Waals surface area (Å²) in [5.74, 6) is 1.44. The van der Waals surface area contributed by atoms with Gasteiger partial charge in [0.25, 0.3) is 5.91 Å². The number of nitrogens with zero attached hydrogens (tertiary/aromatic N) is 4. The van der Waals surface area contributed by atoms with Gasteiger partial charge >= 0.3 is 0 Å². The van der Waals surface area contributed by atoms with Gasteiger partial charge in [0.15, 0.2) is 0 Å². The third-order valence-electron chi connectivity index (χ3n) is 4.50. The Bertz CT molecular complexity index is 723. The van der Waals surface area contributed by atoms with E-state index < -0.39 is 0 Å². The highest BCUT2D eigenvalue weighted by atomic mass is 35.5. The zero-order valence-electron chi connectivity index (χ0n) is 13.7. The summed E-state index contributed by atoms with van der Waals surface area (Å²) in [6.45, 7) is 4.07. The van der Waals surface area contributed by atoms with Crippen LogP contribution in [0.15, 0.2) is 24.3 Å². The monoisotopic (exact) mass is 332 g/mol. The van der Waals surface area contributed by atoms with E-state index in [2.05, 4.69) is 17.0 Å². The Hall–Kier alpha value is -1.88. The van der Waals surface area contributed by atoms with Crippen molar-refractivity contribution in [1.29, 1.82) is 0 Å². The van der Waals surface area contributed by atoms with Crippen LogP contribution in [0.25, 0.3) is 5.69 Å². The first-order valence-electron chi connectivity index (χ1n) is 8.01. The van der Waals surface area contributed by atoms with E-state index in [1.807, 2.05) is 32.2 Å². The topological polar surface area (TPSA) is 51.0 Å². The van der Waals surface area contributed by atoms with Crippen molar-refractivity contribution in [1.82, 2.24) is 19.7 Å². The molecule has 0 aliphatic heterocycles. The number of benzene rings is 1. The first-order valence-corrected chi connectivity index (χ1v) is 8.38. The lowest BCUT2D eigenvalue weighted by molar-refractivity contribution is 0.0715. The quantitative estimate of drug-likeness (QED) is 0.843. The SMILES string of the molecule is CCc1nc(C(=O)N(C)C(C)C2CC2)nn1-c1ccccc1Cl. The second-order valence-electron chi connectivity index (χ2n) is 6.06. The third-order valence-corrected chi connectivity index (χ3v) is 4.82. The Labute approximate surface area is 141 Å². The minimum atomic E-state index is -0.134. The van der Waals surface area contributed by atoms with Crippen LogP contribution in [0.1, 0.15) is 43.1 Å². The molecule has 1 unspecified atom stereocenters. The normalized spacial score (nSPS) is 15.5. The molecule has 122 valence electrons. The van der Waals surface area contributed by atoms with Crippen molar-refractivity contribution in [3.05, 3.63) is 40.9 Å². The minimum absolute atomic E-state index is 0.134. The summed E-state index contributed by atoms with van der Waals surface area (Å²) >= 11 is 6.26. The second kappa shape index (κ2) is 6.32. The number of hydrogen-bond acceptors (Lipinski definition) is 3. The Morgan fingerprint density at radius 2 is 2.13 bits per heavy atom. The molecule has 0 radical (unpaired) electrons. The largest absolute Gasteiger partial charge is 0.336 e. The zero-order valence-corrected chi connectivity index (χ0v) is 14.4. The Kier molecular flexibility index (Phi) is 4.39. The van der Waals surface area contributed by atoms with Crippen LogP contribution < -0.4 is 0 Å². The summed E-state index contributed by atoms with van der Waals surface area (Å²) in [5, 5.41) is 5.01. The molecule has 1 aliphatic carbocycles. The Balaban J connectivity index is 1.92. The Morgan fingerprint density at radius 1 is 1.43 bits per heavy atom. The van der Waals surface area contributed by atoms with Crippen LogP contribution in [0.4, 0.5) is 0 Å². The molecular weight excluding hydrogens is 312 g/mol. The molecule has 1 saturated carbocycles. The van der Waals surface area contributed by atoms with Crippen LogP contribution in [-0.2, 0) is 6.42 Å². The summed E-state index contributed by atoms with van der Waals surface area (Å²) in [7, 11) is 1.83. The molecule has 2 aromatic rings. The van der Waals surface area contributed by atoms with Crippen LogP contribution in [0, 0.1) is 5.92 Å². The highest BCUT2D eigenvalue weighted by molar-refractivity contribution is 6.32. The number of rotatable bonds is 5. The molecule has 23 heavy (non-hydrogen) atoms. The third kappa shape index (κ3) is 3.11. The van der Waals surface area contributed by atoms with Gasteiger partial charge in [-0.25, -0.2) is 9.67 Å². The van der Waals surface area contributed by atoms with Gasteiger partial charge in [-0.2, -0.15) is 0 Å². The molecule has 1 heterocycles. The van der Waals surface area contributed by atoms with Crippen molar-refractivity contribution in [3.63, 3.8) is 0 Å². The highest BCUT2D eigenvalue weighted by Crippen LogP contribution is 2.35. The van der Waals surface area contributed by atoms with Crippen LogP contribution in [-0.4, -0.2) is 38.7 Å². The van der Waals surface area contributed by atoms with Crippen molar-refractivity contribution in [2.24, 2.45) is 5.92 Å². The summed E-state index contributed by atoms with van der Waals surface area (Å²) in [5.41, 5.74) is 0.746. The molecule has 5 nitrogen and oxygen atoms in total. The maximum atomic E-state index is 12.7. The summed E-state index contributed by atoms with van der Waals surface area (Å²) in [6.07, 6.45) is 3.06. The second-order valence-corrected chi connectivity index (χ2v) is 6.47. The van der Waals surface area contributed by atoms with E-state index in [1.54, 1.807) is 15.6 Å². The Morgan fingerprint density at radius 3 is 2.74 bits per heavy atom. The minimum Gasteiger partial charge on any atom is -0.336 e. The lowest BCUT2D eigenvalue weighted by Crippen LogP contribution is -2.37. The molecule has 1 aromatic heterocycles. The van der Waals surface area contributed by atoms with Gasteiger partial charge in [-0.05, 0) is 37.8 Å². The highest BCUT2D eigenvalue weighted by Gasteiger charge is 2.34. The number of para-hydroxylation sites is 1. The van der Waals surface area contributed by atoms with E-state index in [9.17, 15) is 4.79 Å². The van der Waals surface area contributed by atoms with E-state index in [-0.39, 0.29) is 17.8 Å². The fourth-order valence-electron chi connectivity index (χ4n) is 2.72. The predicted octanol–water partition coefficient (Wildman–Crippen LogP) is 3.35. The van der Waals surface area contributed by atoms with Crippen LogP contribution >= 0.6 is 11.6 Å². The molecule has 0 N–H and O–H groups in total. The fourth-order valence-corrected chi connectivity index (χ4v) is 2.93. The van der Waals surface area contributed by atoms with Crippen molar-refractivity contribution < 1.29 is 4.79 Å². The first-order chi connectivity index (χ1) is 11.0. The molecular formula is C17H21ClN4O. The summed E-state index contributed by atoms with van der Waals surface area (Å²) in [4.78, 5) is 18.9. The maximum absolute atomic E-state index is 12.7.